The first-order valence-electron chi connectivity index (χ1n) is 9.64. The predicted molar refractivity (Wildman–Crippen MR) is 102 cm³/mol. The summed E-state index contributed by atoms with van der Waals surface area (Å²) in [5.41, 5.74) is 2.26. The molecule has 0 amide bonds. The highest BCUT2D eigenvalue weighted by Crippen LogP contribution is 2.43. The fraction of sp³-hybridized carbons (Fsp3) is 0.455. The SMILES string of the molecule is C[C@H]1C[C@H](c2ccc(OCCN3CCCC3)cc2)Oc2ccc(O)cc21. The Balaban J connectivity index is 1.37. The van der Waals surface area contributed by atoms with E-state index in [1.54, 1.807) is 6.07 Å². The second-order valence-electron chi connectivity index (χ2n) is 7.43. The maximum absolute atomic E-state index is 9.69. The molecule has 4 rings (SSSR count). The van der Waals surface area contributed by atoms with E-state index in [-0.39, 0.29) is 6.10 Å². The lowest BCUT2D eigenvalue weighted by Gasteiger charge is -2.31. The number of rotatable bonds is 5. The van der Waals surface area contributed by atoms with E-state index in [1.807, 2.05) is 24.3 Å². The van der Waals surface area contributed by atoms with Crippen LogP contribution in [-0.4, -0.2) is 36.2 Å². The molecule has 2 aromatic carbocycles. The van der Waals surface area contributed by atoms with E-state index in [9.17, 15) is 5.11 Å². The lowest BCUT2D eigenvalue weighted by molar-refractivity contribution is 0.163. The Bertz CT molecular complexity index is 738. The van der Waals surface area contributed by atoms with E-state index in [1.165, 1.54) is 31.5 Å². The Morgan fingerprint density at radius 1 is 1.12 bits per heavy atom. The van der Waals surface area contributed by atoms with Crippen LogP contribution in [0.1, 0.15) is 49.3 Å². The number of benzene rings is 2. The zero-order valence-electron chi connectivity index (χ0n) is 15.4. The van der Waals surface area contributed by atoms with Gasteiger partial charge in [-0.3, -0.25) is 4.90 Å². The molecule has 2 aliphatic rings. The summed E-state index contributed by atoms with van der Waals surface area (Å²) in [5, 5.41) is 9.69. The van der Waals surface area contributed by atoms with E-state index in [2.05, 4.69) is 24.0 Å². The van der Waals surface area contributed by atoms with Crippen molar-refractivity contribution in [2.24, 2.45) is 0 Å². The summed E-state index contributed by atoms with van der Waals surface area (Å²) >= 11 is 0. The number of ether oxygens (including phenoxy) is 2. The lowest BCUT2D eigenvalue weighted by Crippen LogP contribution is -2.25. The molecule has 2 aromatic rings. The van der Waals surface area contributed by atoms with Gasteiger partial charge in [-0.25, -0.2) is 0 Å². The van der Waals surface area contributed by atoms with Crippen LogP contribution in [-0.2, 0) is 0 Å². The van der Waals surface area contributed by atoms with Gasteiger partial charge in [0.15, 0.2) is 0 Å². The van der Waals surface area contributed by atoms with E-state index in [0.717, 1.165) is 36.6 Å². The van der Waals surface area contributed by atoms with Crippen LogP contribution < -0.4 is 9.47 Å². The van der Waals surface area contributed by atoms with Crippen LogP contribution in [0.25, 0.3) is 0 Å². The monoisotopic (exact) mass is 353 g/mol. The Morgan fingerprint density at radius 3 is 2.65 bits per heavy atom. The van der Waals surface area contributed by atoms with Crippen LogP contribution in [0.5, 0.6) is 17.2 Å². The molecule has 2 heterocycles. The van der Waals surface area contributed by atoms with Gasteiger partial charge in [0, 0.05) is 12.1 Å². The molecule has 0 unspecified atom stereocenters. The van der Waals surface area contributed by atoms with Gasteiger partial charge >= 0.3 is 0 Å². The van der Waals surface area contributed by atoms with Crippen LogP contribution in [0.4, 0.5) is 0 Å². The zero-order chi connectivity index (χ0) is 17.9. The summed E-state index contributed by atoms with van der Waals surface area (Å²) in [6, 6.07) is 13.7. The summed E-state index contributed by atoms with van der Waals surface area (Å²) in [7, 11) is 0. The number of fused-ring (bicyclic) bond motifs is 1. The molecule has 0 spiro atoms. The van der Waals surface area contributed by atoms with Crippen LogP contribution >= 0.6 is 0 Å². The Hall–Kier alpha value is -2.20. The van der Waals surface area contributed by atoms with Gasteiger partial charge in [0.25, 0.3) is 0 Å². The smallest absolute Gasteiger partial charge is 0.124 e. The third-order valence-corrected chi connectivity index (χ3v) is 5.49. The minimum absolute atomic E-state index is 0.0423. The molecule has 0 radical (unpaired) electrons. The Labute approximate surface area is 155 Å². The van der Waals surface area contributed by atoms with Gasteiger partial charge < -0.3 is 14.6 Å². The molecule has 0 aromatic heterocycles. The van der Waals surface area contributed by atoms with Crippen molar-refractivity contribution in [1.29, 1.82) is 0 Å². The molecule has 2 atom stereocenters. The van der Waals surface area contributed by atoms with Gasteiger partial charge in [-0.2, -0.15) is 0 Å². The highest BCUT2D eigenvalue weighted by molar-refractivity contribution is 5.44. The largest absolute Gasteiger partial charge is 0.508 e. The standard InChI is InChI=1S/C22H27NO3/c1-16-14-22(26-21-9-6-18(24)15-20(16)21)17-4-7-19(8-5-17)25-13-12-23-10-2-3-11-23/h4-9,15-16,22,24H,2-3,10-14H2,1H3/t16-,22+/m0/s1. The van der Waals surface area contributed by atoms with Crippen LogP contribution in [0.2, 0.25) is 0 Å². The van der Waals surface area contributed by atoms with Gasteiger partial charge in [0.05, 0.1) is 0 Å². The quantitative estimate of drug-likeness (QED) is 0.860. The molecule has 0 aliphatic carbocycles. The van der Waals surface area contributed by atoms with Gasteiger partial charge in [-0.05, 0) is 74.2 Å². The second-order valence-corrected chi connectivity index (χ2v) is 7.43. The van der Waals surface area contributed by atoms with Crippen molar-refractivity contribution in [3.8, 4) is 17.2 Å². The minimum Gasteiger partial charge on any atom is -0.508 e. The Morgan fingerprint density at radius 2 is 1.88 bits per heavy atom. The first-order chi connectivity index (χ1) is 12.7. The van der Waals surface area contributed by atoms with Crippen molar-refractivity contribution in [2.75, 3.05) is 26.2 Å². The van der Waals surface area contributed by atoms with Crippen LogP contribution in [0.15, 0.2) is 42.5 Å². The average Bonchev–Trinajstić information content (AvgIpc) is 3.16. The number of hydrogen-bond acceptors (Lipinski definition) is 4. The highest BCUT2D eigenvalue weighted by Gasteiger charge is 2.27. The van der Waals surface area contributed by atoms with E-state index in [0.29, 0.717) is 11.7 Å². The van der Waals surface area contributed by atoms with Gasteiger partial charge in [0.1, 0.15) is 30.0 Å². The predicted octanol–water partition coefficient (Wildman–Crippen LogP) is 4.49. The number of nitrogens with zero attached hydrogens (tertiary/aromatic N) is 1. The molecule has 0 bridgehead atoms. The van der Waals surface area contributed by atoms with Crippen molar-refractivity contribution in [3.05, 3.63) is 53.6 Å². The molecule has 1 saturated heterocycles. The third-order valence-electron chi connectivity index (χ3n) is 5.49. The Kier molecular flexibility index (Phi) is 5.02. The molecular formula is C22H27NO3. The molecule has 1 N–H and O–H groups in total. The molecule has 1 fully saturated rings. The molecule has 26 heavy (non-hydrogen) atoms. The third kappa shape index (κ3) is 3.80. The van der Waals surface area contributed by atoms with Gasteiger partial charge in [-0.15, -0.1) is 0 Å². The first kappa shape index (κ1) is 17.2. The molecular weight excluding hydrogens is 326 g/mol. The fourth-order valence-corrected chi connectivity index (χ4v) is 3.96. The number of phenols is 1. The van der Waals surface area contributed by atoms with E-state index >= 15 is 0 Å². The lowest BCUT2D eigenvalue weighted by atomic mass is 9.89. The van der Waals surface area contributed by atoms with Crippen LogP contribution in [0, 0.1) is 0 Å². The summed E-state index contributed by atoms with van der Waals surface area (Å²) in [5.74, 6) is 2.44. The fourth-order valence-electron chi connectivity index (χ4n) is 3.96. The van der Waals surface area contributed by atoms with Crippen molar-refractivity contribution in [3.63, 3.8) is 0 Å². The normalized spacial score (nSPS) is 22.7. The van der Waals surface area contributed by atoms with Crippen molar-refractivity contribution in [1.82, 2.24) is 4.90 Å². The maximum atomic E-state index is 9.69. The van der Waals surface area contributed by atoms with E-state index < -0.39 is 0 Å². The number of aromatic hydroxyl groups is 1. The molecule has 4 heteroatoms. The summed E-state index contributed by atoms with van der Waals surface area (Å²) in [6.45, 7) is 6.35. The molecule has 138 valence electrons. The van der Waals surface area contributed by atoms with Gasteiger partial charge in [0.2, 0.25) is 0 Å². The molecule has 4 nitrogen and oxygen atoms in total. The molecule has 0 saturated carbocycles. The zero-order valence-corrected chi connectivity index (χ0v) is 15.4. The number of phenolic OH excluding ortho intramolecular Hbond substituents is 1. The molecule has 2 aliphatic heterocycles. The minimum atomic E-state index is 0.0423. The second kappa shape index (κ2) is 7.58. The first-order valence-corrected chi connectivity index (χ1v) is 9.64. The number of likely N-dealkylation sites (tertiary alicyclic amines) is 1. The topological polar surface area (TPSA) is 41.9 Å². The summed E-state index contributed by atoms with van der Waals surface area (Å²) in [6.07, 6.45) is 3.58. The van der Waals surface area contributed by atoms with Crippen LogP contribution in [0.3, 0.4) is 0 Å². The summed E-state index contributed by atoms with van der Waals surface area (Å²) < 4.78 is 12.1. The maximum Gasteiger partial charge on any atom is 0.124 e. The summed E-state index contributed by atoms with van der Waals surface area (Å²) in [4.78, 5) is 2.46. The van der Waals surface area contributed by atoms with Gasteiger partial charge in [-0.1, -0.05) is 19.1 Å². The highest BCUT2D eigenvalue weighted by atomic mass is 16.5. The number of hydrogen-bond donors (Lipinski definition) is 1. The van der Waals surface area contributed by atoms with E-state index in [4.69, 9.17) is 9.47 Å². The van der Waals surface area contributed by atoms with Crippen molar-refractivity contribution < 1.29 is 14.6 Å². The average molecular weight is 353 g/mol. The van der Waals surface area contributed by atoms with Crippen molar-refractivity contribution >= 4 is 0 Å². The van der Waals surface area contributed by atoms with Crippen molar-refractivity contribution in [2.45, 2.75) is 38.2 Å².